The maximum absolute atomic E-state index is 9.05. The van der Waals surface area contributed by atoms with Crippen molar-refractivity contribution in [3.8, 4) is 0 Å². The highest BCUT2D eigenvalue weighted by Crippen LogP contribution is 2.29. The summed E-state index contributed by atoms with van der Waals surface area (Å²) in [7, 11) is 0. The van der Waals surface area contributed by atoms with E-state index in [1.54, 1.807) is 0 Å². The molecule has 0 amide bonds. The van der Waals surface area contributed by atoms with Crippen LogP contribution in [-0.4, -0.2) is 23.8 Å². The minimum Gasteiger partial charge on any atom is -0.395 e. The third-order valence-electron chi connectivity index (χ3n) is 2.46. The van der Waals surface area contributed by atoms with Gasteiger partial charge in [0.05, 0.1) is 6.61 Å². The summed E-state index contributed by atoms with van der Waals surface area (Å²) in [6, 6.07) is 0.844. The Labute approximate surface area is 69.0 Å². The zero-order valence-electron chi connectivity index (χ0n) is 7.51. The van der Waals surface area contributed by atoms with Crippen LogP contribution in [0.1, 0.15) is 33.1 Å². The summed E-state index contributed by atoms with van der Waals surface area (Å²) in [4.78, 5) is 0. The highest BCUT2D eigenvalue weighted by atomic mass is 16.3. The van der Waals surface area contributed by atoms with Crippen LogP contribution >= 0.6 is 0 Å². The molecule has 1 saturated carbocycles. The van der Waals surface area contributed by atoms with Crippen LogP contribution in [0.15, 0.2) is 0 Å². The van der Waals surface area contributed by atoms with Gasteiger partial charge in [0.2, 0.25) is 0 Å². The lowest BCUT2D eigenvalue weighted by Gasteiger charge is -2.34. The van der Waals surface area contributed by atoms with E-state index < -0.39 is 0 Å². The molecule has 1 rings (SSSR count). The maximum Gasteiger partial charge on any atom is 0.0587 e. The van der Waals surface area contributed by atoms with E-state index in [1.807, 2.05) is 0 Å². The second-order valence-corrected chi connectivity index (χ2v) is 3.80. The summed E-state index contributed by atoms with van der Waals surface area (Å²) >= 11 is 0. The fourth-order valence-corrected chi connectivity index (χ4v) is 1.61. The molecule has 0 unspecified atom stereocenters. The second kappa shape index (κ2) is 4.07. The van der Waals surface area contributed by atoms with Gasteiger partial charge in [-0.05, 0) is 18.8 Å². The van der Waals surface area contributed by atoms with Gasteiger partial charge in [0.25, 0.3) is 0 Å². The third kappa shape index (κ3) is 2.46. The van der Waals surface area contributed by atoms with E-state index in [-0.39, 0.29) is 0 Å². The van der Waals surface area contributed by atoms with Crippen molar-refractivity contribution >= 4 is 0 Å². The van der Waals surface area contributed by atoms with Crippen LogP contribution in [0.5, 0.6) is 0 Å². The first-order chi connectivity index (χ1) is 5.24. The van der Waals surface area contributed by atoms with E-state index >= 15 is 0 Å². The predicted molar refractivity (Wildman–Crippen MR) is 46.5 cm³/mol. The number of aliphatic hydroxyl groups is 1. The molecule has 0 saturated heterocycles. The monoisotopic (exact) mass is 157 g/mol. The molecule has 0 aromatic heterocycles. The molecule has 0 radical (unpaired) electrons. The van der Waals surface area contributed by atoms with Gasteiger partial charge < -0.3 is 10.4 Å². The van der Waals surface area contributed by atoms with Crippen molar-refractivity contribution < 1.29 is 5.11 Å². The molecule has 2 N–H and O–H groups in total. The van der Waals surface area contributed by atoms with E-state index in [2.05, 4.69) is 19.2 Å². The van der Waals surface area contributed by atoms with E-state index in [0.29, 0.717) is 18.7 Å². The Morgan fingerprint density at radius 3 is 2.36 bits per heavy atom. The van der Waals surface area contributed by atoms with Gasteiger partial charge in [-0.25, -0.2) is 0 Å². The Bertz CT molecular complexity index is 110. The maximum atomic E-state index is 9.05. The summed E-state index contributed by atoms with van der Waals surface area (Å²) in [5.41, 5.74) is 0. The number of hydrogen-bond acceptors (Lipinski definition) is 2. The normalized spacial score (nSPS) is 21.8. The van der Waals surface area contributed by atoms with Crippen LogP contribution < -0.4 is 5.32 Å². The minimum atomic E-state index is 0.294. The molecule has 0 aromatic rings. The summed E-state index contributed by atoms with van der Waals surface area (Å²) in [6.45, 7) is 4.55. The molecule has 1 aliphatic carbocycles. The number of rotatable bonds is 4. The van der Waals surface area contributed by atoms with Crippen LogP contribution in [0, 0.1) is 5.92 Å². The Hall–Kier alpha value is -0.0800. The van der Waals surface area contributed by atoms with Gasteiger partial charge in [0.1, 0.15) is 0 Å². The molecular formula is C9H19NO. The van der Waals surface area contributed by atoms with Gasteiger partial charge in [-0.1, -0.05) is 20.3 Å². The van der Waals surface area contributed by atoms with Crippen LogP contribution in [0.3, 0.4) is 0 Å². The molecule has 11 heavy (non-hydrogen) atoms. The number of hydrogen-bond donors (Lipinski definition) is 2. The average Bonchev–Trinajstić information content (AvgIpc) is 1.81. The molecular weight excluding hydrogens is 138 g/mol. The Balaban J connectivity index is 2.23. The van der Waals surface area contributed by atoms with E-state index in [9.17, 15) is 0 Å². The summed E-state index contributed by atoms with van der Waals surface area (Å²) < 4.78 is 0. The molecule has 0 aliphatic heterocycles. The van der Waals surface area contributed by atoms with E-state index in [4.69, 9.17) is 5.11 Å². The van der Waals surface area contributed by atoms with Crippen molar-refractivity contribution in [3.63, 3.8) is 0 Å². The fraction of sp³-hybridized carbons (Fsp3) is 1.00. The zero-order chi connectivity index (χ0) is 8.27. The summed E-state index contributed by atoms with van der Waals surface area (Å²) in [6.07, 6.45) is 3.94. The molecule has 0 bridgehead atoms. The van der Waals surface area contributed by atoms with Crippen molar-refractivity contribution in [1.29, 1.82) is 0 Å². The minimum absolute atomic E-state index is 0.294. The van der Waals surface area contributed by atoms with Crippen LogP contribution in [0.25, 0.3) is 0 Å². The van der Waals surface area contributed by atoms with Gasteiger partial charge >= 0.3 is 0 Å². The molecule has 1 fully saturated rings. The molecule has 0 heterocycles. The van der Waals surface area contributed by atoms with Crippen molar-refractivity contribution in [1.82, 2.24) is 5.32 Å². The predicted octanol–water partition coefficient (Wildman–Crippen LogP) is 1.15. The van der Waals surface area contributed by atoms with Crippen molar-refractivity contribution in [2.45, 2.75) is 45.2 Å². The molecule has 2 heteroatoms. The molecule has 1 aliphatic rings. The SMILES string of the molecule is CC(C)N[C@H](CO)C1CCC1. The van der Waals surface area contributed by atoms with Gasteiger partial charge in [0.15, 0.2) is 0 Å². The topological polar surface area (TPSA) is 32.3 Å². The van der Waals surface area contributed by atoms with Crippen LogP contribution in [0.2, 0.25) is 0 Å². The second-order valence-electron chi connectivity index (χ2n) is 3.80. The summed E-state index contributed by atoms with van der Waals surface area (Å²) in [5.74, 6) is 0.738. The molecule has 0 aromatic carbocycles. The quantitative estimate of drug-likeness (QED) is 0.641. The number of nitrogens with one attached hydrogen (secondary N) is 1. The zero-order valence-corrected chi connectivity index (χ0v) is 7.51. The molecule has 2 nitrogen and oxygen atoms in total. The molecule has 1 atom stereocenters. The van der Waals surface area contributed by atoms with Gasteiger partial charge in [-0.15, -0.1) is 0 Å². The first kappa shape index (κ1) is 9.01. The lowest BCUT2D eigenvalue weighted by atomic mass is 9.80. The molecule has 66 valence electrons. The van der Waals surface area contributed by atoms with E-state index in [0.717, 1.165) is 5.92 Å². The van der Waals surface area contributed by atoms with E-state index in [1.165, 1.54) is 19.3 Å². The van der Waals surface area contributed by atoms with Gasteiger partial charge in [-0.3, -0.25) is 0 Å². The standard InChI is InChI=1S/C9H19NO/c1-7(2)10-9(6-11)8-4-3-5-8/h7-11H,3-6H2,1-2H3/t9-/m1/s1. The average molecular weight is 157 g/mol. The third-order valence-corrected chi connectivity index (χ3v) is 2.46. The van der Waals surface area contributed by atoms with Crippen molar-refractivity contribution in [2.24, 2.45) is 5.92 Å². The Kier molecular flexibility index (Phi) is 3.34. The lowest BCUT2D eigenvalue weighted by Crippen LogP contribution is -2.45. The number of aliphatic hydroxyl groups excluding tert-OH is 1. The highest BCUT2D eigenvalue weighted by Gasteiger charge is 2.26. The largest absolute Gasteiger partial charge is 0.395 e. The van der Waals surface area contributed by atoms with Crippen molar-refractivity contribution in [2.75, 3.05) is 6.61 Å². The lowest BCUT2D eigenvalue weighted by molar-refractivity contribution is 0.143. The van der Waals surface area contributed by atoms with Crippen LogP contribution in [0.4, 0.5) is 0 Å². The van der Waals surface area contributed by atoms with Gasteiger partial charge in [0, 0.05) is 12.1 Å². The molecule has 0 spiro atoms. The highest BCUT2D eigenvalue weighted by molar-refractivity contribution is 4.82. The summed E-state index contributed by atoms with van der Waals surface area (Å²) in [5, 5.41) is 12.4. The van der Waals surface area contributed by atoms with Crippen molar-refractivity contribution in [3.05, 3.63) is 0 Å². The smallest absolute Gasteiger partial charge is 0.0587 e. The Morgan fingerprint density at radius 2 is 2.09 bits per heavy atom. The first-order valence-corrected chi connectivity index (χ1v) is 4.61. The first-order valence-electron chi connectivity index (χ1n) is 4.61. The van der Waals surface area contributed by atoms with Gasteiger partial charge in [-0.2, -0.15) is 0 Å². The van der Waals surface area contributed by atoms with Crippen LogP contribution in [-0.2, 0) is 0 Å². The fourth-order valence-electron chi connectivity index (χ4n) is 1.61. The Morgan fingerprint density at radius 1 is 1.45 bits per heavy atom.